The van der Waals surface area contributed by atoms with Crippen LogP contribution in [0.1, 0.15) is 27.7 Å². The summed E-state index contributed by atoms with van der Waals surface area (Å²) in [5.41, 5.74) is 0. The Morgan fingerprint density at radius 2 is 1.33 bits per heavy atom. The zero-order chi connectivity index (χ0) is 14.4. The van der Waals surface area contributed by atoms with E-state index < -0.39 is 11.6 Å². The summed E-state index contributed by atoms with van der Waals surface area (Å²) in [6.07, 6.45) is 3.64. The smallest absolute Gasteiger partial charge is 0.158 e. The highest BCUT2D eigenvalue weighted by atomic mass is 19.2. The molecule has 18 heavy (non-hydrogen) atoms. The fraction of sp³-hybridized carbons (Fsp3) is 0.357. The van der Waals surface area contributed by atoms with Crippen molar-refractivity contribution in [2.75, 3.05) is 0 Å². The molecule has 102 valence electrons. The van der Waals surface area contributed by atoms with Crippen LogP contribution in [0.15, 0.2) is 42.7 Å². The summed E-state index contributed by atoms with van der Waals surface area (Å²) in [5.74, 6) is -1.60. The Kier molecular flexibility index (Phi) is 13.8. The van der Waals surface area contributed by atoms with Crippen LogP contribution in [0, 0.1) is 11.6 Å². The van der Waals surface area contributed by atoms with Crippen LogP contribution >= 0.6 is 0 Å². The summed E-state index contributed by atoms with van der Waals surface area (Å²) < 4.78 is 25.6. The van der Waals surface area contributed by atoms with Gasteiger partial charge >= 0.3 is 0 Å². The maximum Gasteiger partial charge on any atom is 0.158 e. The molecule has 0 aliphatic heterocycles. The number of rotatable bonds is 0. The molecule has 0 atom stereocenters. The van der Waals surface area contributed by atoms with Crippen LogP contribution in [0.5, 0.6) is 0 Å². The first-order chi connectivity index (χ1) is 8.70. The van der Waals surface area contributed by atoms with Crippen molar-refractivity contribution >= 4 is 0 Å². The van der Waals surface area contributed by atoms with Gasteiger partial charge < -0.3 is 0 Å². The summed E-state index contributed by atoms with van der Waals surface area (Å²) in [6, 6.07) is 6.93. The molecule has 1 aromatic heterocycles. The van der Waals surface area contributed by atoms with Crippen molar-refractivity contribution in [2.45, 2.75) is 27.7 Å². The molecule has 0 bridgehead atoms. The van der Waals surface area contributed by atoms with Gasteiger partial charge in [-0.15, -0.1) is 0 Å². The van der Waals surface area contributed by atoms with Crippen molar-refractivity contribution < 1.29 is 8.78 Å². The normalized spacial score (nSPS) is 7.72. The molecule has 0 aliphatic rings. The molecule has 0 fully saturated rings. The monoisotopic (exact) mass is 256 g/mol. The first-order valence-electron chi connectivity index (χ1n) is 6.04. The average Bonchev–Trinajstić information content (AvgIpc) is 2.90. The molecule has 0 saturated carbocycles. The Bertz CT molecular complexity index is 352. The first kappa shape index (κ1) is 18.6. The standard InChI is InChI=1S/C6H4F2.C4H6N2.2C2H6/c7-5-3-1-2-4-6(5)8;1-6-4-2-3-5-6;2*1-2/h1-4H;2-4H,1H3;2*1-2H3. The zero-order valence-electron chi connectivity index (χ0n) is 11.7. The lowest BCUT2D eigenvalue weighted by molar-refractivity contribution is 0.508. The SMILES string of the molecule is CC.CC.Cn1cccn1.Fc1ccccc1F. The van der Waals surface area contributed by atoms with E-state index >= 15 is 0 Å². The molecule has 1 aromatic carbocycles. The van der Waals surface area contributed by atoms with Gasteiger partial charge in [0.15, 0.2) is 11.6 Å². The van der Waals surface area contributed by atoms with Crippen molar-refractivity contribution in [3.8, 4) is 0 Å². The molecule has 0 amide bonds. The molecular formula is C14H22F2N2. The molecule has 0 aliphatic carbocycles. The van der Waals surface area contributed by atoms with E-state index in [1.165, 1.54) is 12.1 Å². The van der Waals surface area contributed by atoms with E-state index in [9.17, 15) is 8.78 Å². The third-order valence-electron chi connectivity index (χ3n) is 1.46. The lowest BCUT2D eigenvalue weighted by Gasteiger charge is -1.85. The molecular weight excluding hydrogens is 234 g/mol. The molecule has 0 unspecified atom stereocenters. The van der Waals surface area contributed by atoms with Gasteiger partial charge in [0.2, 0.25) is 0 Å². The van der Waals surface area contributed by atoms with Crippen molar-refractivity contribution in [1.82, 2.24) is 9.78 Å². The minimum absolute atomic E-state index is 0.799. The van der Waals surface area contributed by atoms with Gasteiger partial charge in [-0.25, -0.2) is 8.78 Å². The molecule has 0 spiro atoms. The highest BCUT2D eigenvalue weighted by Gasteiger charge is 1.93. The van der Waals surface area contributed by atoms with Crippen molar-refractivity contribution in [3.63, 3.8) is 0 Å². The van der Waals surface area contributed by atoms with Crippen molar-refractivity contribution in [3.05, 3.63) is 54.4 Å². The Hall–Kier alpha value is -1.71. The minimum Gasteiger partial charge on any atom is -0.276 e. The number of aryl methyl sites for hydroxylation is 1. The third kappa shape index (κ3) is 9.51. The van der Waals surface area contributed by atoms with E-state index in [2.05, 4.69) is 5.10 Å². The summed E-state index contributed by atoms with van der Waals surface area (Å²) in [7, 11) is 1.89. The fourth-order valence-corrected chi connectivity index (χ4v) is 0.784. The summed E-state index contributed by atoms with van der Waals surface area (Å²) in [5, 5.41) is 3.83. The quantitative estimate of drug-likeness (QED) is 0.681. The van der Waals surface area contributed by atoms with Crippen LogP contribution in [-0.4, -0.2) is 9.78 Å². The van der Waals surface area contributed by atoms with Crippen LogP contribution in [0.25, 0.3) is 0 Å². The van der Waals surface area contributed by atoms with Crippen molar-refractivity contribution in [2.24, 2.45) is 7.05 Å². The van der Waals surface area contributed by atoms with Gasteiger partial charge in [0, 0.05) is 19.4 Å². The second-order valence-corrected chi connectivity index (χ2v) is 2.59. The van der Waals surface area contributed by atoms with E-state index in [0.717, 1.165) is 12.1 Å². The maximum atomic E-state index is 11.9. The van der Waals surface area contributed by atoms with E-state index in [1.807, 2.05) is 47.0 Å². The Labute approximate surface area is 108 Å². The predicted molar refractivity (Wildman–Crippen MR) is 72.3 cm³/mol. The van der Waals surface area contributed by atoms with Crippen LogP contribution in [0.2, 0.25) is 0 Å². The number of hydrogen-bond acceptors (Lipinski definition) is 1. The molecule has 0 saturated heterocycles. The van der Waals surface area contributed by atoms with Gasteiger partial charge in [-0.2, -0.15) is 5.10 Å². The summed E-state index contributed by atoms with van der Waals surface area (Å²) in [4.78, 5) is 0. The number of halogens is 2. The lowest BCUT2D eigenvalue weighted by Crippen LogP contribution is -1.83. The van der Waals surface area contributed by atoms with E-state index in [0.29, 0.717) is 0 Å². The number of hydrogen-bond donors (Lipinski definition) is 0. The first-order valence-corrected chi connectivity index (χ1v) is 6.04. The van der Waals surface area contributed by atoms with Gasteiger partial charge in [0.25, 0.3) is 0 Å². The highest BCUT2D eigenvalue weighted by Crippen LogP contribution is 2.01. The van der Waals surface area contributed by atoms with Crippen LogP contribution in [0.4, 0.5) is 8.78 Å². The molecule has 4 heteroatoms. The van der Waals surface area contributed by atoms with Crippen molar-refractivity contribution in [1.29, 1.82) is 0 Å². The molecule has 0 radical (unpaired) electrons. The predicted octanol–water partition coefficient (Wildman–Crippen LogP) is 4.44. The molecule has 2 nitrogen and oxygen atoms in total. The van der Waals surface area contributed by atoms with Gasteiger partial charge in [0.05, 0.1) is 0 Å². The topological polar surface area (TPSA) is 17.8 Å². The van der Waals surface area contributed by atoms with E-state index in [1.54, 1.807) is 10.9 Å². The van der Waals surface area contributed by atoms with Gasteiger partial charge in [-0.05, 0) is 18.2 Å². The van der Waals surface area contributed by atoms with Gasteiger partial charge in [-0.1, -0.05) is 39.8 Å². The Morgan fingerprint density at radius 3 is 1.50 bits per heavy atom. The highest BCUT2D eigenvalue weighted by molar-refractivity contribution is 5.05. The fourth-order valence-electron chi connectivity index (χ4n) is 0.784. The van der Waals surface area contributed by atoms with E-state index in [4.69, 9.17) is 0 Å². The Morgan fingerprint density at radius 1 is 0.889 bits per heavy atom. The third-order valence-corrected chi connectivity index (χ3v) is 1.46. The zero-order valence-corrected chi connectivity index (χ0v) is 11.7. The van der Waals surface area contributed by atoms with Gasteiger partial charge in [-0.3, -0.25) is 4.68 Å². The molecule has 0 N–H and O–H groups in total. The Balaban J connectivity index is 0. The summed E-state index contributed by atoms with van der Waals surface area (Å²) in [6.45, 7) is 8.00. The second kappa shape index (κ2) is 13.4. The number of nitrogens with zero attached hydrogens (tertiary/aromatic N) is 2. The maximum absolute atomic E-state index is 11.9. The van der Waals surface area contributed by atoms with Crippen LogP contribution in [0.3, 0.4) is 0 Å². The van der Waals surface area contributed by atoms with E-state index in [-0.39, 0.29) is 0 Å². The second-order valence-electron chi connectivity index (χ2n) is 2.59. The number of aromatic nitrogens is 2. The number of benzene rings is 1. The summed E-state index contributed by atoms with van der Waals surface area (Å²) >= 11 is 0. The largest absolute Gasteiger partial charge is 0.276 e. The minimum atomic E-state index is -0.799. The molecule has 2 aromatic rings. The van der Waals surface area contributed by atoms with Crippen LogP contribution in [-0.2, 0) is 7.05 Å². The average molecular weight is 256 g/mol. The molecule has 2 rings (SSSR count). The van der Waals surface area contributed by atoms with Crippen LogP contribution < -0.4 is 0 Å². The molecule has 1 heterocycles. The lowest BCUT2D eigenvalue weighted by atomic mass is 10.3. The van der Waals surface area contributed by atoms with Gasteiger partial charge in [0.1, 0.15) is 0 Å².